The van der Waals surface area contributed by atoms with Crippen molar-refractivity contribution in [2.75, 3.05) is 0 Å². The predicted octanol–water partition coefficient (Wildman–Crippen LogP) is 1.44. The summed E-state index contributed by atoms with van der Waals surface area (Å²) in [7, 11) is 0. The molecule has 0 heterocycles. The van der Waals surface area contributed by atoms with Crippen LogP contribution in [-0.4, -0.2) is 27.6 Å². The Bertz CT molecular complexity index is 506. The van der Waals surface area contributed by atoms with Crippen LogP contribution in [0.15, 0.2) is 18.2 Å². The Hall–Kier alpha value is -2.04. The van der Waals surface area contributed by atoms with Crippen molar-refractivity contribution in [3.05, 3.63) is 29.3 Å². The third kappa shape index (κ3) is 2.03. The van der Waals surface area contributed by atoms with Crippen LogP contribution in [0.3, 0.4) is 0 Å². The van der Waals surface area contributed by atoms with Crippen LogP contribution in [0.1, 0.15) is 35.2 Å². The lowest BCUT2D eigenvalue weighted by Gasteiger charge is -2.38. The molecule has 1 aromatic carbocycles. The van der Waals surface area contributed by atoms with E-state index in [1.54, 1.807) is 19.1 Å². The molecule has 96 valence electrons. The number of carbonyl (C=O) groups excluding carboxylic acids is 1. The Labute approximate surface area is 104 Å². The fourth-order valence-electron chi connectivity index (χ4n) is 2.04. The number of aromatic hydroxyl groups is 1. The smallest absolute Gasteiger partial charge is 0.329 e. The van der Waals surface area contributed by atoms with Crippen molar-refractivity contribution in [3.8, 4) is 5.75 Å². The third-order valence-corrected chi connectivity index (χ3v) is 3.37. The Kier molecular flexibility index (Phi) is 2.98. The molecule has 0 spiro atoms. The summed E-state index contributed by atoms with van der Waals surface area (Å²) in [6.07, 6.45) is 1.65. The number of carbonyl (C=O) groups is 2. The van der Waals surface area contributed by atoms with Gasteiger partial charge in [-0.05, 0) is 38.3 Å². The molecule has 0 aromatic heterocycles. The van der Waals surface area contributed by atoms with Crippen LogP contribution < -0.4 is 5.32 Å². The van der Waals surface area contributed by atoms with Crippen molar-refractivity contribution in [2.24, 2.45) is 0 Å². The molecule has 0 bridgehead atoms. The second-order valence-electron chi connectivity index (χ2n) is 4.72. The van der Waals surface area contributed by atoms with E-state index in [0.717, 1.165) is 12.0 Å². The average Bonchev–Trinajstić information content (AvgIpc) is 2.26. The molecule has 0 aliphatic heterocycles. The summed E-state index contributed by atoms with van der Waals surface area (Å²) in [6.45, 7) is 1.80. The van der Waals surface area contributed by atoms with Gasteiger partial charge in [0.1, 0.15) is 11.3 Å². The molecule has 1 aliphatic carbocycles. The zero-order valence-corrected chi connectivity index (χ0v) is 10.1. The van der Waals surface area contributed by atoms with Crippen molar-refractivity contribution < 1.29 is 19.8 Å². The van der Waals surface area contributed by atoms with Gasteiger partial charge in [0.05, 0.1) is 5.56 Å². The molecule has 0 saturated heterocycles. The maximum atomic E-state index is 12.0. The maximum absolute atomic E-state index is 12.0. The number of carboxylic acid groups (broad SMARTS) is 1. The number of rotatable bonds is 3. The summed E-state index contributed by atoms with van der Waals surface area (Å²) in [4.78, 5) is 23.1. The number of aliphatic carboxylic acids is 1. The van der Waals surface area contributed by atoms with Crippen LogP contribution in [-0.2, 0) is 4.79 Å². The maximum Gasteiger partial charge on any atom is 0.329 e. The number of aryl methyl sites for hydroxylation is 1. The topological polar surface area (TPSA) is 86.6 Å². The van der Waals surface area contributed by atoms with Crippen molar-refractivity contribution in [3.63, 3.8) is 0 Å². The highest BCUT2D eigenvalue weighted by Crippen LogP contribution is 2.33. The molecule has 1 aromatic rings. The number of phenols is 1. The van der Waals surface area contributed by atoms with E-state index in [1.807, 2.05) is 0 Å². The minimum Gasteiger partial charge on any atom is -0.507 e. The van der Waals surface area contributed by atoms with Crippen molar-refractivity contribution in [1.29, 1.82) is 0 Å². The molecular weight excluding hydrogens is 234 g/mol. The lowest BCUT2D eigenvalue weighted by Crippen LogP contribution is -2.59. The first-order valence-electron chi connectivity index (χ1n) is 5.80. The minimum absolute atomic E-state index is 0.113. The molecule has 0 atom stereocenters. The van der Waals surface area contributed by atoms with Gasteiger partial charge in [-0.2, -0.15) is 0 Å². The summed E-state index contributed by atoms with van der Waals surface area (Å²) in [5.74, 6) is -1.70. The number of amides is 1. The summed E-state index contributed by atoms with van der Waals surface area (Å²) in [6, 6.07) is 4.65. The Morgan fingerprint density at radius 3 is 2.50 bits per heavy atom. The number of carboxylic acids is 1. The monoisotopic (exact) mass is 249 g/mol. The summed E-state index contributed by atoms with van der Waals surface area (Å²) in [5.41, 5.74) is -0.216. The molecule has 0 unspecified atom stereocenters. The molecule has 1 aliphatic rings. The van der Waals surface area contributed by atoms with Gasteiger partial charge in [0, 0.05) is 0 Å². The zero-order valence-electron chi connectivity index (χ0n) is 10.1. The van der Waals surface area contributed by atoms with Gasteiger partial charge in [-0.1, -0.05) is 11.6 Å². The molecule has 18 heavy (non-hydrogen) atoms. The van der Waals surface area contributed by atoms with Crippen LogP contribution >= 0.6 is 0 Å². The van der Waals surface area contributed by atoms with E-state index < -0.39 is 17.4 Å². The van der Waals surface area contributed by atoms with E-state index >= 15 is 0 Å². The van der Waals surface area contributed by atoms with Crippen molar-refractivity contribution in [2.45, 2.75) is 31.7 Å². The van der Waals surface area contributed by atoms with Gasteiger partial charge in [-0.25, -0.2) is 4.79 Å². The number of hydrogen-bond acceptors (Lipinski definition) is 3. The standard InChI is InChI=1S/C13H15NO4/c1-8-3-4-10(15)9(7-8)11(16)14-13(12(17)18)5-2-6-13/h3-4,7,15H,2,5-6H2,1H3,(H,14,16)(H,17,18). The van der Waals surface area contributed by atoms with E-state index in [4.69, 9.17) is 5.11 Å². The average molecular weight is 249 g/mol. The molecule has 5 nitrogen and oxygen atoms in total. The van der Waals surface area contributed by atoms with E-state index in [0.29, 0.717) is 12.8 Å². The predicted molar refractivity (Wildman–Crippen MR) is 64.5 cm³/mol. The summed E-state index contributed by atoms with van der Waals surface area (Å²) < 4.78 is 0. The van der Waals surface area contributed by atoms with Crippen molar-refractivity contribution in [1.82, 2.24) is 5.32 Å². The second kappa shape index (κ2) is 4.33. The van der Waals surface area contributed by atoms with Gasteiger partial charge in [0.15, 0.2) is 0 Å². The molecule has 0 radical (unpaired) electrons. The molecule has 3 N–H and O–H groups in total. The third-order valence-electron chi connectivity index (χ3n) is 3.37. The number of phenolic OH excluding ortho intramolecular Hbond substituents is 1. The van der Waals surface area contributed by atoms with Crippen LogP contribution in [0.25, 0.3) is 0 Å². The molecule has 1 saturated carbocycles. The van der Waals surface area contributed by atoms with E-state index in [-0.39, 0.29) is 11.3 Å². The van der Waals surface area contributed by atoms with Crippen LogP contribution in [0.4, 0.5) is 0 Å². The fourth-order valence-corrected chi connectivity index (χ4v) is 2.04. The molecule has 1 amide bonds. The summed E-state index contributed by atoms with van der Waals surface area (Å²) >= 11 is 0. The van der Waals surface area contributed by atoms with Crippen LogP contribution in [0, 0.1) is 6.92 Å². The quantitative estimate of drug-likeness (QED) is 0.756. The highest BCUT2D eigenvalue weighted by atomic mass is 16.4. The van der Waals surface area contributed by atoms with Gasteiger partial charge in [0.2, 0.25) is 0 Å². The van der Waals surface area contributed by atoms with E-state index in [2.05, 4.69) is 5.32 Å². The second-order valence-corrected chi connectivity index (χ2v) is 4.72. The fraction of sp³-hybridized carbons (Fsp3) is 0.385. The van der Waals surface area contributed by atoms with Crippen LogP contribution in [0.2, 0.25) is 0 Å². The van der Waals surface area contributed by atoms with Gasteiger partial charge in [-0.3, -0.25) is 4.79 Å². The van der Waals surface area contributed by atoms with Gasteiger partial charge in [-0.15, -0.1) is 0 Å². The zero-order chi connectivity index (χ0) is 13.3. The lowest BCUT2D eigenvalue weighted by molar-refractivity contribution is -0.148. The lowest BCUT2D eigenvalue weighted by atomic mass is 9.76. The van der Waals surface area contributed by atoms with Gasteiger partial charge < -0.3 is 15.5 Å². The normalized spacial score (nSPS) is 16.7. The SMILES string of the molecule is Cc1ccc(O)c(C(=O)NC2(C(=O)O)CCC2)c1. The largest absolute Gasteiger partial charge is 0.507 e. The minimum atomic E-state index is -1.16. The van der Waals surface area contributed by atoms with E-state index in [9.17, 15) is 14.7 Å². The summed E-state index contributed by atoms with van der Waals surface area (Å²) in [5, 5.41) is 21.3. The number of hydrogen-bond donors (Lipinski definition) is 3. The first-order valence-corrected chi connectivity index (χ1v) is 5.80. The first kappa shape index (κ1) is 12.4. The highest BCUT2D eigenvalue weighted by Gasteiger charge is 2.45. The highest BCUT2D eigenvalue weighted by molar-refractivity contribution is 6.00. The van der Waals surface area contributed by atoms with Gasteiger partial charge in [0.25, 0.3) is 5.91 Å². The number of nitrogens with one attached hydrogen (secondary N) is 1. The van der Waals surface area contributed by atoms with E-state index in [1.165, 1.54) is 6.07 Å². The molecular formula is C13H15NO4. The van der Waals surface area contributed by atoms with Gasteiger partial charge >= 0.3 is 5.97 Å². The van der Waals surface area contributed by atoms with Crippen molar-refractivity contribution >= 4 is 11.9 Å². The first-order chi connectivity index (χ1) is 8.44. The Balaban J connectivity index is 2.22. The molecule has 2 rings (SSSR count). The number of benzene rings is 1. The molecule has 1 fully saturated rings. The molecule has 5 heteroatoms. The Morgan fingerprint density at radius 1 is 1.33 bits per heavy atom. The van der Waals surface area contributed by atoms with Crippen LogP contribution in [0.5, 0.6) is 5.75 Å². The Morgan fingerprint density at radius 2 is 2.00 bits per heavy atom.